The van der Waals surface area contributed by atoms with E-state index in [0.29, 0.717) is 31.4 Å². The van der Waals surface area contributed by atoms with Gasteiger partial charge in [-0.25, -0.2) is 0 Å². The maximum atomic E-state index is 12.7. The standard InChI is InChI=1S/C17H19NO5/c19-14(18-11-4-2-1-3-5-11)13-12(15(20)21)10-6-8-17(13,9-7-10)16(22)23/h1-5,10,12-13H,6-9H2,(H,18,19)(H,20,21)(H,22,23)/t10?,12-,13-,17?/m0/s1. The first kappa shape index (κ1) is 15.5. The van der Waals surface area contributed by atoms with Gasteiger partial charge in [-0.1, -0.05) is 18.2 Å². The lowest BCUT2D eigenvalue weighted by Crippen LogP contribution is -2.58. The fourth-order valence-corrected chi connectivity index (χ4v) is 4.29. The number of carboxylic acid groups (broad SMARTS) is 2. The molecule has 3 fully saturated rings. The maximum Gasteiger partial charge on any atom is 0.310 e. The third-order valence-corrected chi connectivity index (χ3v) is 5.42. The molecule has 0 heterocycles. The Bertz CT molecular complexity index is 634. The van der Waals surface area contributed by atoms with E-state index in [-0.39, 0.29) is 5.92 Å². The average molecular weight is 317 g/mol. The molecule has 1 aromatic carbocycles. The summed E-state index contributed by atoms with van der Waals surface area (Å²) in [7, 11) is 0. The van der Waals surface area contributed by atoms with Crippen molar-refractivity contribution >= 4 is 23.5 Å². The molecule has 0 unspecified atom stereocenters. The molecule has 3 saturated carbocycles. The molecule has 0 aliphatic heterocycles. The highest BCUT2D eigenvalue weighted by molar-refractivity contribution is 5.99. The summed E-state index contributed by atoms with van der Waals surface area (Å²) < 4.78 is 0. The molecule has 6 nitrogen and oxygen atoms in total. The Morgan fingerprint density at radius 1 is 1.04 bits per heavy atom. The van der Waals surface area contributed by atoms with Gasteiger partial charge in [-0.3, -0.25) is 14.4 Å². The van der Waals surface area contributed by atoms with Gasteiger partial charge >= 0.3 is 11.9 Å². The summed E-state index contributed by atoms with van der Waals surface area (Å²) >= 11 is 0. The van der Waals surface area contributed by atoms with Crippen LogP contribution in [-0.4, -0.2) is 28.1 Å². The number of fused-ring (bicyclic) bond motifs is 3. The number of amides is 1. The first-order valence-corrected chi connectivity index (χ1v) is 7.78. The van der Waals surface area contributed by atoms with E-state index in [1.54, 1.807) is 30.3 Å². The van der Waals surface area contributed by atoms with Gasteiger partial charge in [0.25, 0.3) is 0 Å². The molecule has 4 rings (SSSR count). The molecule has 0 aromatic heterocycles. The molecule has 0 radical (unpaired) electrons. The molecule has 2 bridgehead atoms. The Balaban J connectivity index is 1.96. The number of rotatable bonds is 4. The molecule has 1 aromatic rings. The lowest BCUT2D eigenvalue weighted by Gasteiger charge is -2.51. The van der Waals surface area contributed by atoms with Gasteiger partial charge in [-0.05, 0) is 43.7 Å². The largest absolute Gasteiger partial charge is 0.481 e. The number of hydrogen-bond acceptors (Lipinski definition) is 3. The average Bonchev–Trinajstić information content (AvgIpc) is 2.55. The van der Waals surface area contributed by atoms with Gasteiger partial charge in [0, 0.05) is 5.69 Å². The number of benzene rings is 1. The van der Waals surface area contributed by atoms with E-state index in [1.807, 2.05) is 0 Å². The van der Waals surface area contributed by atoms with Gasteiger partial charge < -0.3 is 15.5 Å². The predicted molar refractivity (Wildman–Crippen MR) is 81.7 cm³/mol. The molecule has 0 saturated heterocycles. The Kier molecular flexibility index (Phi) is 3.83. The van der Waals surface area contributed by atoms with E-state index in [9.17, 15) is 24.6 Å². The molecule has 2 atom stereocenters. The number of para-hydroxylation sites is 1. The Morgan fingerprint density at radius 2 is 1.65 bits per heavy atom. The van der Waals surface area contributed by atoms with Crippen molar-refractivity contribution in [3.8, 4) is 0 Å². The molecule has 1 amide bonds. The first-order valence-electron chi connectivity index (χ1n) is 7.78. The van der Waals surface area contributed by atoms with E-state index in [1.165, 1.54) is 0 Å². The molecular formula is C17H19NO5. The summed E-state index contributed by atoms with van der Waals surface area (Å²) in [4.78, 5) is 36.3. The molecule has 3 N–H and O–H groups in total. The summed E-state index contributed by atoms with van der Waals surface area (Å²) in [6.07, 6.45) is 1.84. The van der Waals surface area contributed by atoms with Crippen LogP contribution in [0.15, 0.2) is 30.3 Å². The topological polar surface area (TPSA) is 104 Å². The molecular weight excluding hydrogens is 298 g/mol. The summed E-state index contributed by atoms with van der Waals surface area (Å²) in [6.45, 7) is 0. The number of nitrogens with one attached hydrogen (secondary N) is 1. The van der Waals surface area contributed by atoms with E-state index >= 15 is 0 Å². The van der Waals surface area contributed by atoms with Crippen molar-refractivity contribution in [2.24, 2.45) is 23.2 Å². The molecule has 0 spiro atoms. The monoisotopic (exact) mass is 317 g/mol. The number of anilines is 1. The normalized spacial score (nSPS) is 32.3. The highest BCUT2D eigenvalue weighted by atomic mass is 16.4. The van der Waals surface area contributed by atoms with Gasteiger partial charge in [0.2, 0.25) is 5.91 Å². The number of carbonyl (C=O) groups excluding carboxylic acids is 1. The van der Waals surface area contributed by atoms with Crippen molar-refractivity contribution in [1.82, 2.24) is 0 Å². The van der Waals surface area contributed by atoms with Crippen LogP contribution in [0, 0.1) is 23.2 Å². The number of carboxylic acids is 2. The zero-order valence-corrected chi connectivity index (χ0v) is 12.6. The Hall–Kier alpha value is -2.37. The van der Waals surface area contributed by atoms with Crippen LogP contribution < -0.4 is 5.32 Å². The summed E-state index contributed by atoms with van der Waals surface area (Å²) in [5.41, 5.74) is -0.722. The van der Waals surface area contributed by atoms with Crippen LogP contribution in [0.2, 0.25) is 0 Å². The SMILES string of the molecule is O=C(Nc1ccccc1)[C@@H]1[C@@H](C(=O)O)C2CCC1(C(=O)O)CC2. The van der Waals surface area contributed by atoms with Crippen LogP contribution in [0.4, 0.5) is 5.69 Å². The highest BCUT2D eigenvalue weighted by Crippen LogP contribution is 2.57. The van der Waals surface area contributed by atoms with Crippen molar-refractivity contribution in [2.45, 2.75) is 25.7 Å². The lowest BCUT2D eigenvalue weighted by atomic mass is 9.50. The molecule has 3 aliphatic carbocycles. The quantitative estimate of drug-likeness (QED) is 0.790. The number of carbonyl (C=O) groups is 3. The van der Waals surface area contributed by atoms with Crippen molar-refractivity contribution < 1.29 is 24.6 Å². The Labute approximate surface area is 133 Å². The van der Waals surface area contributed by atoms with E-state index in [4.69, 9.17) is 0 Å². The third-order valence-electron chi connectivity index (χ3n) is 5.42. The number of hydrogen-bond donors (Lipinski definition) is 3. The van der Waals surface area contributed by atoms with Gasteiger partial charge in [0.05, 0.1) is 17.3 Å². The summed E-state index contributed by atoms with van der Waals surface area (Å²) in [5, 5.41) is 22.0. The second-order valence-electron chi connectivity index (χ2n) is 6.50. The fourth-order valence-electron chi connectivity index (χ4n) is 4.29. The van der Waals surface area contributed by atoms with Gasteiger partial charge in [0.1, 0.15) is 0 Å². The maximum absolute atomic E-state index is 12.7. The predicted octanol–water partition coefficient (Wildman–Crippen LogP) is 2.22. The third kappa shape index (κ3) is 2.48. The van der Waals surface area contributed by atoms with Crippen molar-refractivity contribution in [3.05, 3.63) is 30.3 Å². The lowest BCUT2D eigenvalue weighted by molar-refractivity contribution is -0.179. The van der Waals surface area contributed by atoms with E-state index in [2.05, 4.69) is 5.32 Å². The fraction of sp³-hybridized carbons (Fsp3) is 0.471. The molecule has 23 heavy (non-hydrogen) atoms. The van der Waals surface area contributed by atoms with Crippen molar-refractivity contribution in [2.75, 3.05) is 5.32 Å². The number of aliphatic carboxylic acids is 2. The summed E-state index contributed by atoms with van der Waals surface area (Å²) in [5.74, 6) is -4.73. The second kappa shape index (κ2) is 5.68. The minimum Gasteiger partial charge on any atom is -0.481 e. The van der Waals surface area contributed by atoms with E-state index < -0.39 is 35.1 Å². The summed E-state index contributed by atoms with van der Waals surface area (Å²) in [6, 6.07) is 8.70. The van der Waals surface area contributed by atoms with Gasteiger partial charge in [0.15, 0.2) is 0 Å². The minimum absolute atomic E-state index is 0.125. The van der Waals surface area contributed by atoms with Crippen LogP contribution in [0.3, 0.4) is 0 Å². The van der Waals surface area contributed by atoms with Gasteiger partial charge in [-0.15, -0.1) is 0 Å². The minimum atomic E-state index is -1.27. The second-order valence-corrected chi connectivity index (χ2v) is 6.50. The Morgan fingerprint density at radius 3 is 2.17 bits per heavy atom. The van der Waals surface area contributed by atoms with Crippen LogP contribution in [0.5, 0.6) is 0 Å². The van der Waals surface area contributed by atoms with Crippen LogP contribution in [0.25, 0.3) is 0 Å². The van der Waals surface area contributed by atoms with Gasteiger partial charge in [-0.2, -0.15) is 0 Å². The zero-order valence-electron chi connectivity index (χ0n) is 12.6. The molecule has 6 heteroatoms. The van der Waals surface area contributed by atoms with Crippen molar-refractivity contribution in [1.29, 1.82) is 0 Å². The van der Waals surface area contributed by atoms with Crippen LogP contribution in [0.1, 0.15) is 25.7 Å². The van der Waals surface area contributed by atoms with Crippen molar-refractivity contribution in [3.63, 3.8) is 0 Å². The van der Waals surface area contributed by atoms with E-state index in [0.717, 1.165) is 0 Å². The zero-order chi connectivity index (χ0) is 16.6. The molecule has 3 aliphatic rings. The highest BCUT2D eigenvalue weighted by Gasteiger charge is 2.62. The molecule has 122 valence electrons. The first-order chi connectivity index (χ1) is 11.0. The van der Waals surface area contributed by atoms with Crippen LogP contribution >= 0.6 is 0 Å². The smallest absolute Gasteiger partial charge is 0.310 e. The van der Waals surface area contributed by atoms with Crippen LogP contribution in [-0.2, 0) is 14.4 Å².